The molecule has 0 rings (SSSR count). The van der Waals surface area contributed by atoms with Crippen LogP contribution in [0.25, 0.3) is 0 Å². The van der Waals surface area contributed by atoms with Crippen molar-refractivity contribution in [3.8, 4) is 0 Å². The Hall–Kier alpha value is -0.570. The van der Waals surface area contributed by atoms with Crippen molar-refractivity contribution in [2.45, 2.75) is 40.5 Å². The minimum Gasteiger partial charge on any atom is -0.481 e. The Labute approximate surface area is 86.9 Å². The third-order valence-corrected chi connectivity index (χ3v) is 2.58. The lowest BCUT2D eigenvalue weighted by molar-refractivity contribution is -0.137. The monoisotopic (exact) mass is 201 g/mol. The smallest absolute Gasteiger partial charge is 0.303 e. The van der Waals surface area contributed by atoms with Gasteiger partial charge in [0.1, 0.15) is 0 Å². The summed E-state index contributed by atoms with van der Waals surface area (Å²) in [6, 6.07) is 0. The van der Waals surface area contributed by atoms with Crippen molar-refractivity contribution in [2.24, 2.45) is 11.3 Å². The predicted octanol–water partition coefficient (Wildman–Crippen LogP) is 2.12. The molecule has 0 spiro atoms. The summed E-state index contributed by atoms with van der Waals surface area (Å²) in [4.78, 5) is 10.4. The molecule has 0 aliphatic carbocycles. The van der Waals surface area contributed by atoms with Gasteiger partial charge in [0.15, 0.2) is 0 Å². The second-order valence-corrected chi connectivity index (χ2v) is 4.85. The first-order valence-electron chi connectivity index (χ1n) is 5.30. The zero-order chi connectivity index (χ0) is 11.2. The van der Waals surface area contributed by atoms with Gasteiger partial charge in [-0.2, -0.15) is 0 Å². The molecule has 2 N–H and O–H groups in total. The summed E-state index contributed by atoms with van der Waals surface area (Å²) in [5.74, 6) is -0.505. The number of rotatable bonds is 7. The van der Waals surface area contributed by atoms with E-state index in [0.29, 0.717) is 5.41 Å². The van der Waals surface area contributed by atoms with E-state index >= 15 is 0 Å². The molecule has 0 radical (unpaired) electrons. The number of nitrogens with one attached hydrogen (secondary N) is 1. The van der Waals surface area contributed by atoms with Gasteiger partial charge in [0.2, 0.25) is 0 Å². The third-order valence-electron chi connectivity index (χ3n) is 2.58. The minimum absolute atomic E-state index is 0.208. The largest absolute Gasteiger partial charge is 0.481 e. The van der Waals surface area contributed by atoms with Gasteiger partial charge in [-0.15, -0.1) is 0 Å². The number of carboxylic acids is 1. The average Bonchev–Trinajstić information content (AvgIpc) is 2.02. The molecule has 3 heteroatoms. The van der Waals surface area contributed by atoms with Gasteiger partial charge in [-0.05, 0) is 24.3 Å². The number of aliphatic carboxylic acids is 1. The maximum absolute atomic E-state index is 10.4. The summed E-state index contributed by atoms with van der Waals surface area (Å²) in [6.07, 6.45) is 1.38. The van der Waals surface area contributed by atoms with E-state index < -0.39 is 5.97 Å². The van der Waals surface area contributed by atoms with E-state index in [1.54, 1.807) is 0 Å². The Kier molecular flexibility index (Phi) is 5.77. The van der Waals surface area contributed by atoms with E-state index in [0.717, 1.165) is 19.5 Å². The molecule has 0 saturated carbocycles. The maximum atomic E-state index is 10.4. The highest BCUT2D eigenvalue weighted by molar-refractivity contribution is 5.66. The van der Waals surface area contributed by atoms with Gasteiger partial charge in [0, 0.05) is 13.0 Å². The zero-order valence-corrected chi connectivity index (χ0v) is 9.76. The van der Waals surface area contributed by atoms with Crippen LogP contribution in [-0.2, 0) is 4.79 Å². The quantitative estimate of drug-likeness (QED) is 0.663. The molecule has 1 atom stereocenters. The van der Waals surface area contributed by atoms with Crippen LogP contribution in [0.5, 0.6) is 0 Å². The van der Waals surface area contributed by atoms with E-state index in [1.807, 2.05) is 6.92 Å². The van der Waals surface area contributed by atoms with Gasteiger partial charge in [0.05, 0.1) is 0 Å². The fourth-order valence-electron chi connectivity index (χ4n) is 1.15. The number of hydrogen-bond acceptors (Lipinski definition) is 2. The summed E-state index contributed by atoms with van der Waals surface area (Å²) < 4.78 is 0. The molecule has 0 aromatic heterocycles. The fourth-order valence-corrected chi connectivity index (χ4v) is 1.15. The molecule has 0 fully saturated rings. The average molecular weight is 201 g/mol. The summed E-state index contributed by atoms with van der Waals surface area (Å²) in [5.41, 5.74) is 0.308. The standard InChI is InChI=1S/C11H23NO2/c1-5-11(3,4)8-12-7-9(2)6-10(13)14/h9,12H,5-8H2,1-4H3,(H,13,14). The molecule has 1 unspecified atom stereocenters. The van der Waals surface area contributed by atoms with Crippen LogP contribution in [0, 0.1) is 11.3 Å². The zero-order valence-electron chi connectivity index (χ0n) is 9.76. The Balaban J connectivity index is 3.58. The van der Waals surface area contributed by atoms with Gasteiger partial charge >= 0.3 is 5.97 Å². The van der Waals surface area contributed by atoms with E-state index in [2.05, 4.69) is 26.1 Å². The van der Waals surface area contributed by atoms with Gasteiger partial charge in [-0.1, -0.05) is 27.7 Å². The van der Waals surface area contributed by atoms with Crippen molar-refractivity contribution in [3.05, 3.63) is 0 Å². The SMILES string of the molecule is CCC(C)(C)CNCC(C)CC(=O)O. The Morgan fingerprint density at radius 2 is 2.07 bits per heavy atom. The lowest BCUT2D eigenvalue weighted by atomic mass is 9.90. The molecular weight excluding hydrogens is 178 g/mol. The molecule has 0 aliphatic rings. The highest BCUT2D eigenvalue weighted by Crippen LogP contribution is 2.17. The Morgan fingerprint density at radius 1 is 1.50 bits per heavy atom. The fraction of sp³-hybridized carbons (Fsp3) is 0.909. The molecule has 0 aliphatic heterocycles. The minimum atomic E-state index is -0.714. The van der Waals surface area contributed by atoms with Crippen LogP contribution in [0.2, 0.25) is 0 Å². The molecule has 3 nitrogen and oxygen atoms in total. The van der Waals surface area contributed by atoms with Crippen LogP contribution in [-0.4, -0.2) is 24.2 Å². The lowest BCUT2D eigenvalue weighted by Crippen LogP contribution is -2.32. The molecule has 84 valence electrons. The van der Waals surface area contributed by atoms with Gasteiger partial charge in [-0.3, -0.25) is 4.79 Å². The van der Waals surface area contributed by atoms with Crippen LogP contribution < -0.4 is 5.32 Å². The van der Waals surface area contributed by atoms with Crippen molar-refractivity contribution < 1.29 is 9.90 Å². The molecule has 14 heavy (non-hydrogen) atoms. The summed E-state index contributed by atoms with van der Waals surface area (Å²) >= 11 is 0. The summed E-state index contributed by atoms with van der Waals surface area (Å²) in [7, 11) is 0. The topological polar surface area (TPSA) is 49.3 Å². The van der Waals surface area contributed by atoms with E-state index in [1.165, 1.54) is 0 Å². The predicted molar refractivity (Wildman–Crippen MR) is 58.4 cm³/mol. The van der Waals surface area contributed by atoms with Crippen LogP contribution in [0.15, 0.2) is 0 Å². The molecular formula is C11H23NO2. The second kappa shape index (κ2) is 6.02. The van der Waals surface area contributed by atoms with Crippen molar-refractivity contribution >= 4 is 5.97 Å². The van der Waals surface area contributed by atoms with Gasteiger partial charge < -0.3 is 10.4 Å². The normalized spacial score (nSPS) is 14.0. The van der Waals surface area contributed by atoms with Crippen LogP contribution >= 0.6 is 0 Å². The maximum Gasteiger partial charge on any atom is 0.303 e. The molecule has 0 heterocycles. The number of hydrogen-bond donors (Lipinski definition) is 2. The van der Waals surface area contributed by atoms with Crippen LogP contribution in [0.4, 0.5) is 0 Å². The molecule has 0 aromatic carbocycles. The second-order valence-electron chi connectivity index (χ2n) is 4.85. The first-order valence-corrected chi connectivity index (χ1v) is 5.30. The molecule has 0 bridgehead atoms. The third kappa shape index (κ3) is 6.89. The van der Waals surface area contributed by atoms with Gasteiger partial charge in [-0.25, -0.2) is 0 Å². The number of carbonyl (C=O) groups is 1. The first kappa shape index (κ1) is 13.4. The van der Waals surface area contributed by atoms with Crippen molar-refractivity contribution in [2.75, 3.05) is 13.1 Å². The molecule has 0 aromatic rings. The van der Waals surface area contributed by atoms with E-state index in [-0.39, 0.29) is 12.3 Å². The Morgan fingerprint density at radius 3 is 2.50 bits per heavy atom. The Bertz CT molecular complexity index is 178. The highest BCUT2D eigenvalue weighted by atomic mass is 16.4. The van der Waals surface area contributed by atoms with E-state index in [4.69, 9.17) is 5.11 Å². The van der Waals surface area contributed by atoms with Crippen LogP contribution in [0.1, 0.15) is 40.5 Å². The van der Waals surface area contributed by atoms with Gasteiger partial charge in [0.25, 0.3) is 0 Å². The summed E-state index contributed by atoms with van der Waals surface area (Å²) in [5, 5.41) is 11.9. The lowest BCUT2D eigenvalue weighted by Gasteiger charge is -2.23. The number of carboxylic acid groups (broad SMARTS) is 1. The highest BCUT2D eigenvalue weighted by Gasteiger charge is 2.15. The first-order chi connectivity index (χ1) is 6.37. The molecule has 0 amide bonds. The van der Waals surface area contributed by atoms with Crippen LogP contribution in [0.3, 0.4) is 0 Å². The van der Waals surface area contributed by atoms with E-state index in [9.17, 15) is 4.79 Å². The molecule has 0 saturated heterocycles. The van der Waals surface area contributed by atoms with Crippen molar-refractivity contribution in [3.63, 3.8) is 0 Å². The van der Waals surface area contributed by atoms with Crippen molar-refractivity contribution in [1.29, 1.82) is 0 Å². The van der Waals surface area contributed by atoms with Crippen molar-refractivity contribution in [1.82, 2.24) is 5.32 Å². The summed E-state index contributed by atoms with van der Waals surface area (Å²) in [6.45, 7) is 10.3.